The molecule has 1 aliphatic heterocycles. The minimum atomic E-state index is -0.0568. The van der Waals surface area contributed by atoms with Crippen molar-refractivity contribution in [1.29, 1.82) is 0 Å². The van der Waals surface area contributed by atoms with Crippen LogP contribution < -0.4 is 5.32 Å². The average molecular weight is 286 g/mol. The lowest BCUT2D eigenvalue weighted by atomic mass is 10.2. The van der Waals surface area contributed by atoms with Crippen LogP contribution in [-0.2, 0) is 11.3 Å². The highest BCUT2D eigenvalue weighted by molar-refractivity contribution is 5.81. The average Bonchev–Trinajstić information content (AvgIpc) is 3.13. The van der Waals surface area contributed by atoms with Crippen molar-refractivity contribution in [2.24, 2.45) is 0 Å². The van der Waals surface area contributed by atoms with Crippen LogP contribution in [0, 0.1) is 6.92 Å². The quantitative estimate of drug-likeness (QED) is 0.903. The molecule has 0 aliphatic carbocycles. The van der Waals surface area contributed by atoms with E-state index in [1.807, 2.05) is 32.0 Å². The van der Waals surface area contributed by atoms with E-state index in [0.29, 0.717) is 6.54 Å². The molecule has 112 valence electrons. The minimum absolute atomic E-state index is 0.0568. The molecule has 1 saturated heterocycles. The summed E-state index contributed by atoms with van der Waals surface area (Å²) in [5.41, 5.74) is 3.15. The maximum Gasteiger partial charge on any atom is 0.237 e. The highest BCUT2D eigenvalue weighted by atomic mass is 16.2. The first-order valence-electron chi connectivity index (χ1n) is 7.61. The number of carbonyl (C=O) groups excluding carboxylic acids is 1. The fraction of sp³-hybridized carbons (Fsp3) is 0.500. The number of fused-ring (bicyclic) bond motifs is 1. The molecule has 21 heavy (non-hydrogen) atoms. The van der Waals surface area contributed by atoms with Gasteiger partial charge in [0, 0.05) is 0 Å². The zero-order valence-corrected chi connectivity index (χ0v) is 12.6. The Balaban J connectivity index is 1.63. The van der Waals surface area contributed by atoms with E-state index >= 15 is 0 Å². The van der Waals surface area contributed by atoms with Gasteiger partial charge < -0.3 is 10.3 Å². The first-order chi connectivity index (χ1) is 10.1. The van der Waals surface area contributed by atoms with Gasteiger partial charge in [-0.15, -0.1) is 0 Å². The van der Waals surface area contributed by atoms with Crippen molar-refractivity contribution in [2.75, 3.05) is 13.1 Å². The Morgan fingerprint density at radius 1 is 1.43 bits per heavy atom. The number of aryl methyl sites for hydroxylation is 1. The predicted molar refractivity (Wildman–Crippen MR) is 82.9 cm³/mol. The van der Waals surface area contributed by atoms with Gasteiger partial charge in [0.1, 0.15) is 5.82 Å². The van der Waals surface area contributed by atoms with Crippen molar-refractivity contribution in [1.82, 2.24) is 20.2 Å². The first kappa shape index (κ1) is 14.1. The molecular formula is C16H22N4O. The molecule has 2 N–H and O–H groups in total. The van der Waals surface area contributed by atoms with Crippen molar-refractivity contribution in [2.45, 2.75) is 39.3 Å². The Bertz CT molecular complexity index is 643. The number of benzene rings is 1. The van der Waals surface area contributed by atoms with Crippen LogP contribution in [0.2, 0.25) is 0 Å². The third-order valence-electron chi connectivity index (χ3n) is 4.26. The Morgan fingerprint density at radius 2 is 2.19 bits per heavy atom. The van der Waals surface area contributed by atoms with E-state index in [2.05, 4.69) is 20.2 Å². The van der Waals surface area contributed by atoms with Crippen LogP contribution in [0.3, 0.4) is 0 Å². The third-order valence-corrected chi connectivity index (χ3v) is 4.26. The molecule has 1 aliphatic rings. The van der Waals surface area contributed by atoms with E-state index in [9.17, 15) is 4.79 Å². The lowest BCUT2D eigenvalue weighted by molar-refractivity contribution is -0.125. The number of H-pyrrole nitrogens is 1. The van der Waals surface area contributed by atoms with Crippen LogP contribution in [-0.4, -0.2) is 39.9 Å². The van der Waals surface area contributed by atoms with Gasteiger partial charge in [-0.3, -0.25) is 9.69 Å². The molecule has 2 heterocycles. The van der Waals surface area contributed by atoms with Crippen LogP contribution in [0.5, 0.6) is 0 Å². The molecule has 1 fully saturated rings. The molecule has 0 saturated carbocycles. The third kappa shape index (κ3) is 2.93. The summed E-state index contributed by atoms with van der Waals surface area (Å²) in [4.78, 5) is 22.2. The van der Waals surface area contributed by atoms with Crippen molar-refractivity contribution in [3.63, 3.8) is 0 Å². The maximum absolute atomic E-state index is 12.2. The standard InChI is InChI=1S/C16H22N4O/c1-11-6-5-7-13-15(11)19-14(18-13)10-17-16(21)12(2)20-8-3-4-9-20/h5-7,12H,3-4,8-10H2,1-2H3,(H,17,21)(H,18,19)/t12-/m1/s1. The summed E-state index contributed by atoms with van der Waals surface area (Å²) in [6.45, 7) is 6.52. The lowest BCUT2D eigenvalue weighted by Gasteiger charge is -2.22. The molecule has 1 atom stereocenters. The number of aromatic nitrogens is 2. The van der Waals surface area contributed by atoms with Crippen molar-refractivity contribution >= 4 is 16.9 Å². The second kappa shape index (κ2) is 5.85. The second-order valence-corrected chi connectivity index (χ2v) is 5.79. The van der Waals surface area contributed by atoms with Gasteiger partial charge >= 0.3 is 0 Å². The molecule has 0 spiro atoms. The predicted octanol–water partition coefficient (Wildman–Crippen LogP) is 1.97. The molecule has 2 aromatic rings. The summed E-state index contributed by atoms with van der Waals surface area (Å²) in [6, 6.07) is 6.00. The van der Waals surface area contributed by atoms with Gasteiger partial charge in [0.2, 0.25) is 5.91 Å². The van der Waals surface area contributed by atoms with E-state index in [1.165, 1.54) is 12.8 Å². The minimum Gasteiger partial charge on any atom is -0.348 e. The van der Waals surface area contributed by atoms with E-state index in [-0.39, 0.29) is 11.9 Å². The SMILES string of the molecule is Cc1cccc2[nH]c(CNC(=O)[C@@H](C)N3CCCC3)nc12. The zero-order valence-electron chi connectivity index (χ0n) is 12.6. The molecule has 1 amide bonds. The van der Waals surface area contributed by atoms with Gasteiger partial charge in [-0.2, -0.15) is 0 Å². The number of carbonyl (C=O) groups is 1. The van der Waals surface area contributed by atoms with Gasteiger partial charge in [-0.25, -0.2) is 4.98 Å². The number of rotatable bonds is 4. The van der Waals surface area contributed by atoms with Crippen LogP contribution in [0.15, 0.2) is 18.2 Å². The number of para-hydroxylation sites is 1. The molecule has 1 aromatic carbocycles. The number of likely N-dealkylation sites (tertiary alicyclic amines) is 1. The summed E-state index contributed by atoms with van der Waals surface area (Å²) in [5.74, 6) is 0.885. The molecule has 5 nitrogen and oxygen atoms in total. The molecule has 1 aromatic heterocycles. The van der Waals surface area contributed by atoms with Crippen LogP contribution in [0.25, 0.3) is 11.0 Å². The summed E-state index contributed by atoms with van der Waals surface area (Å²) in [5, 5.41) is 2.98. The number of imidazole rings is 1. The fourth-order valence-corrected chi connectivity index (χ4v) is 2.92. The molecule has 0 bridgehead atoms. The summed E-state index contributed by atoms with van der Waals surface area (Å²) >= 11 is 0. The highest BCUT2D eigenvalue weighted by Crippen LogP contribution is 2.15. The molecule has 3 rings (SSSR count). The Kier molecular flexibility index (Phi) is 3.92. The summed E-state index contributed by atoms with van der Waals surface area (Å²) in [6.07, 6.45) is 2.39. The number of hydrogen-bond acceptors (Lipinski definition) is 3. The van der Waals surface area contributed by atoms with E-state index in [1.54, 1.807) is 0 Å². The number of hydrogen-bond donors (Lipinski definition) is 2. The van der Waals surface area contributed by atoms with Crippen LogP contribution >= 0.6 is 0 Å². The molecule has 5 heteroatoms. The largest absolute Gasteiger partial charge is 0.348 e. The first-order valence-corrected chi connectivity index (χ1v) is 7.61. The van der Waals surface area contributed by atoms with Crippen LogP contribution in [0.4, 0.5) is 0 Å². The monoisotopic (exact) mass is 286 g/mol. The molecule has 0 unspecified atom stereocenters. The normalized spacial score (nSPS) is 17.2. The van der Waals surface area contributed by atoms with Gasteiger partial charge in [0.05, 0.1) is 23.6 Å². The number of aromatic amines is 1. The van der Waals surface area contributed by atoms with E-state index < -0.39 is 0 Å². The number of amides is 1. The summed E-state index contributed by atoms with van der Waals surface area (Å²) < 4.78 is 0. The van der Waals surface area contributed by atoms with Crippen molar-refractivity contribution < 1.29 is 4.79 Å². The maximum atomic E-state index is 12.2. The lowest BCUT2D eigenvalue weighted by Crippen LogP contribution is -2.43. The van der Waals surface area contributed by atoms with E-state index in [4.69, 9.17) is 0 Å². The second-order valence-electron chi connectivity index (χ2n) is 5.79. The summed E-state index contributed by atoms with van der Waals surface area (Å²) in [7, 11) is 0. The van der Waals surface area contributed by atoms with Gasteiger partial charge in [0.15, 0.2) is 0 Å². The highest BCUT2D eigenvalue weighted by Gasteiger charge is 2.23. The Labute approximate surface area is 124 Å². The van der Waals surface area contributed by atoms with Crippen molar-refractivity contribution in [3.8, 4) is 0 Å². The van der Waals surface area contributed by atoms with Crippen LogP contribution in [0.1, 0.15) is 31.2 Å². The zero-order chi connectivity index (χ0) is 14.8. The topological polar surface area (TPSA) is 61.0 Å². The Morgan fingerprint density at radius 3 is 2.90 bits per heavy atom. The molecule has 0 radical (unpaired) electrons. The van der Waals surface area contributed by atoms with Gasteiger partial charge in [0.25, 0.3) is 0 Å². The molecular weight excluding hydrogens is 264 g/mol. The van der Waals surface area contributed by atoms with Gasteiger partial charge in [-0.1, -0.05) is 12.1 Å². The fourth-order valence-electron chi connectivity index (χ4n) is 2.92. The smallest absolute Gasteiger partial charge is 0.237 e. The van der Waals surface area contributed by atoms with Crippen molar-refractivity contribution in [3.05, 3.63) is 29.6 Å². The van der Waals surface area contributed by atoms with Gasteiger partial charge in [-0.05, 0) is 51.4 Å². The number of nitrogens with one attached hydrogen (secondary N) is 2. The van der Waals surface area contributed by atoms with E-state index in [0.717, 1.165) is 35.5 Å². The Hall–Kier alpha value is -1.88. The number of nitrogens with zero attached hydrogens (tertiary/aromatic N) is 2.